The highest BCUT2D eigenvalue weighted by atomic mass is 32.2. The largest absolute Gasteiger partial charge is 0.489 e. The molecule has 1 N–H and O–H groups in total. The number of hydrogen-bond acceptors (Lipinski definition) is 5. The Balaban J connectivity index is 1.85. The molecule has 1 amide bonds. The molecule has 1 heterocycles. The molecule has 1 fully saturated rings. The third-order valence-corrected chi connectivity index (χ3v) is 6.71. The van der Waals surface area contributed by atoms with Crippen molar-refractivity contribution in [2.75, 3.05) is 31.6 Å². The summed E-state index contributed by atoms with van der Waals surface area (Å²) in [5.41, 5.74) is -0.559. The minimum atomic E-state index is -4.52. The van der Waals surface area contributed by atoms with E-state index in [4.69, 9.17) is 9.47 Å². The zero-order valence-corrected chi connectivity index (χ0v) is 19.0. The fourth-order valence-corrected chi connectivity index (χ4v) is 4.73. The molecule has 0 aromatic heterocycles. The van der Waals surface area contributed by atoms with Crippen LogP contribution in [0, 0.1) is 0 Å². The van der Waals surface area contributed by atoms with E-state index >= 15 is 0 Å². The van der Waals surface area contributed by atoms with Gasteiger partial charge in [-0.25, -0.2) is 8.42 Å². The van der Waals surface area contributed by atoms with Gasteiger partial charge < -0.3 is 14.8 Å². The van der Waals surface area contributed by atoms with E-state index in [0.29, 0.717) is 0 Å². The third-order valence-electron chi connectivity index (χ3n) is 4.81. The second kappa shape index (κ2) is 10.1. The topological polar surface area (TPSA) is 84.9 Å². The first-order valence-corrected chi connectivity index (χ1v) is 11.8. The molecule has 180 valence electrons. The van der Waals surface area contributed by atoms with Gasteiger partial charge in [-0.2, -0.15) is 17.5 Å². The molecule has 1 saturated heterocycles. The van der Waals surface area contributed by atoms with E-state index in [0.717, 1.165) is 12.1 Å². The summed E-state index contributed by atoms with van der Waals surface area (Å²) < 4.78 is 77.0. The van der Waals surface area contributed by atoms with Gasteiger partial charge in [0.2, 0.25) is 15.9 Å². The summed E-state index contributed by atoms with van der Waals surface area (Å²) in [5.74, 6) is -0.354. The number of anilines is 1. The van der Waals surface area contributed by atoms with Crippen LogP contribution in [-0.4, -0.2) is 51.0 Å². The fourth-order valence-electron chi connectivity index (χ4n) is 3.30. The molecule has 0 radical (unpaired) electrons. The Kier molecular flexibility index (Phi) is 7.65. The summed E-state index contributed by atoms with van der Waals surface area (Å²) in [6, 6.07) is 8.62. The predicted molar refractivity (Wildman–Crippen MR) is 116 cm³/mol. The van der Waals surface area contributed by atoms with Crippen molar-refractivity contribution in [2.24, 2.45) is 0 Å². The number of alkyl halides is 3. The number of amides is 1. The molecule has 0 bridgehead atoms. The highest BCUT2D eigenvalue weighted by Crippen LogP contribution is 2.32. The van der Waals surface area contributed by atoms with E-state index in [2.05, 4.69) is 5.32 Å². The number of carbonyl (C=O) groups is 1. The standard InChI is InChI=1S/C22H25F3N2O5S/c1-15(2)32-20-7-6-18(33(29,30)27-8-10-31-11-9-27)14-19(20)26-21(28)13-16-4-3-5-17(12-16)22(23,24)25/h3-7,12,14-15H,8-11,13H2,1-2H3,(H,26,28). The highest BCUT2D eigenvalue weighted by Gasteiger charge is 2.31. The van der Waals surface area contributed by atoms with E-state index in [1.807, 2.05) is 0 Å². The van der Waals surface area contributed by atoms with Crippen molar-refractivity contribution in [3.8, 4) is 5.75 Å². The molecule has 1 aliphatic heterocycles. The van der Waals surface area contributed by atoms with Crippen LogP contribution in [0.5, 0.6) is 5.75 Å². The van der Waals surface area contributed by atoms with Gasteiger partial charge in [-0.3, -0.25) is 4.79 Å². The Morgan fingerprint density at radius 2 is 1.85 bits per heavy atom. The van der Waals surface area contributed by atoms with Gasteiger partial charge in [-0.15, -0.1) is 0 Å². The quantitative estimate of drug-likeness (QED) is 0.645. The summed E-state index contributed by atoms with van der Waals surface area (Å²) in [6.07, 6.45) is -5.11. The lowest BCUT2D eigenvalue weighted by Gasteiger charge is -2.26. The molecule has 3 rings (SSSR count). The van der Waals surface area contributed by atoms with Gasteiger partial charge >= 0.3 is 6.18 Å². The number of carbonyl (C=O) groups excluding carboxylic acids is 1. The van der Waals surface area contributed by atoms with Crippen molar-refractivity contribution in [3.05, 3.63) is 53.6 Å². The number of benzene rings is 2. The van der Waals surface area contributed by atoms with Crippen LogP contribution < -0.4 is 10.1 Å². The maximum absolute atomic E-state index is 13.0. The molecule has 2 aromatic rings. The van der Waals surface area contributed by atoms with Crippen LogP contribution in [0.2, 0.25) is 0 Å². The lowest BCUT2D eigenvalue weighted by molar-refractivity contribution is -0.137. The van der Waals surface area contributed by atoms with Crippen LogP contribution in [0.4, 0.5) is 18.9 Å². The summed E-state index contributed by atoms with van der Waals surface area (Å²) in [5, 5.41) is 2.59. The molecular formula is C22H25F3N2O5S. The summed E-state index contributed by atoms with van der Waals surface area (Å²) in [7, 11) is -3.82. The normalized spacial score (nSPS) is 15.5. The molecule has 0 spiro atoms. The summed E-state index contributed by atoms with van der Waals surface area (Å²) in [6.45, 7) is 4.54. The zero-order valence-electron chi connectivity index (χ0n) is 18.2. The van der Waals surface area contributed by atoms with E-state index in [1.165, 1.54) is 34.6 Å². The minimum Gasteiger partial charge on any atom is -0.489 e. The number of morpholine rings is 1. The van der Waals surface area contributed by atoms with Crippen molar-refractivity contribution in [1.29, 1.82) is 0 Å². The molecule has 0 atom stereocenters. The van der Waals surface area contributed by atoms with Gasteiger partial charge in [0.05, 0.1) is 41.9 Å². The van der Waals surface area contributed by atoms with Crippen LogP contribution in [0.15, 0.2) is 47.4 Å². The number of halogens is 3. The first-order valence-electron chi connectivity index (χ1n) is 10.3. The van der Waals surface area contributed by atoms with Crippen LogP contribution in [0.25, 0.3) is 0 Å². The average molecular weight is 487 g/mol. The van der Waals surface area contributed by atoms with Gasteiger partial charge in [-0.05, 0) is 43.7 Å². The Labute approximate surface area is 190 Å². The Morgan fingerprint density at radius 3 is 2.48 bits per heavy atom. The first kappa shape index (κ1) is 25.0. The maximum Gasteiger partial charge on any atom is 0.416 e. The molecule has 2 aromatic carbocycles. The third kappa shape index (κ3) is 6.46. The Hall–Kier alpha value is -2.63. The maximum atomic E-state index is 13.0. The van der Waals surface area contributed by atoms with Gasteiger partial charge in [0.1, 0.15) is 5.75 Å². The molecule has 0 aliphatic carbocycles. The van der Waals surface area contributed by atoms with Crippen molar-refractivity contribution in [3.63, 3.8) is 0 Å². The van der Waals surface area contributed by atoms with Gasteiger partial charge in [0.15, 0.2) is 0 Å². The van der Waals surface area contributed by atoms with Crippen molar-refractivity contribution in [1.82, 2.24) is 4.31 Å². The van der Waals surface area contributed by atoms with Crippen LogP contribution in [-0.2, 0) is 32.2 Å². The van der Waals surface area contributed by atoms with E-state index in [9.17, 15) is 26.4 Å². The van der Waals surface area contributed by atoms with Crippen molar-refractivity contribution < 1.29 is 35.9 Å². The van der Waals surface area contributed by atoms with Gasteiger partial charge in [0, 0.05) is 13.1 Å². The molecule has 33 heavy (non-hydrogen) atoms. The van der Waals surface area contributed by atoms with Crippen LogP contribution in [0.1, 0.15) is 25.0 Å². The van der Waals surface area contributed by atoms with Crippen LogP contribution in [0.3, 0.4) is 0 Å². The van der Waals surface area contributed by atoms with E-state index in [1.54, 1.807) is 13.8 Å². The Morgan fingerprint density at radius 1 is 1.15 bits per heavy atom. The molecule has 7 nitrogen and oxygen atoms in total. The van der Waals surface area contributed by atoms with Gasteiger partial charge in [0.25, 0.3) is 0 Å². The fraction of sp³-hybridized carbons (Fsp3) is 0.409. The highest BCUT2D eigenvalue weighted by molar-refractivity contribution is 7.89. The lowest BCUT2D eigenvalue weighted by atomic mass is 10.1. The number of nitrogens with zero attached hydrogens (tertiary/aromatic N) is 1. The monoisotopic (exact) mass is 486 g/mol. The second-order valence-corrected chi connectivity index (χ2v) is 9.70. The first-order chi connectivity index (χ1) is 15.5. The number of ether oxygens (including phenoxy) is 2. The van der Waals surface area contributed by atoms with Crippen LogP contribution >= 0.6 is 0 Å². The number of hydrogen-bond donors (Lipinski definition) is 1. The van der Waals surface area contributed by atoms with Gasteiger partial charge in [-0.1, -0.05) is 18.2 Å². The second-order valence-electron chi connectivity index (χ2n) is 7.76. The summed E-state index contributed by atoms with van der Waals surface area (Å²) >= 11 is 0. The number of nitrogens with one attached hydrogen (secondary N) is 1. The Bertz CT molecular complexity index is 1100. The molecule has 0 unspecified atom stereocenters. The number of sulfonamides is 1. The molecule has 11 heteroatoms. The van der Waals surface area contributed by atoms with Crippen molar-refractivity contribution in [2.45, 2.75) is 37.4 Å². The zero-order chi connectivity index (χ0) is 24.2. The van der Waals surface area contributed by atoms with E-state index < -0.39 is 27.7 Å². The minimum absolute atomic E-state index is 0.0325. The summed E-state index contributed by atoms with van der Waals surface area (Å²) in [4.78, 5) is 12.6. The predicted octanol–water partition coefficient (Wildman–Crippen LogP) is 3.69. The SMILES string of the molecule is CC(C)Oc1ccc(S(=O)(=O)N2CCOCC2)cc1NC(=O)Cc1cccc(C(F)(F)F)c1. The molecule has 1 aliphatic rings. The smallest absolute Gasteiger partial charge is 0.416 e. The number of rotatable bonds is 7. The molecular weight excluding hydrogens is 461 g/mol. The molecule has 0 saturated carbocycles. The average Bonchev–Trinajstić information content (AvgIpc) is 2.74. The lowest BCUT2D eigenvalue weighted by Crippen LogP contribution is -2.40. The van der Waals surface area contributed by atoms with E-state index in [-0.39, 0.29) is 60.7 Å². The van der Waals surface area contributed by atoms with Crippen molar-refractivity contribution >= 4 is 21.6 Å².